The Morgan fingerprint density at radius 2 is 1.38 bits per heavy atom. The first-order chi connectivity index (χ1) is 7.28. The molecule has 0 aliphatic carbocycles. The number of ether oxygens (including phenoxy) is 1. The van der Waals surface area contributed by atoms with E-state index in [0.717, 1.165) is 0 Å². The smallest absolute Gasteiger partial charge is 0.383 e. The van der Waals surface area contributed by atoms with Crippen LogP contribution in [0.25, 0.3) is 0 Å². The average molecular weight is 240 g/mol. The largest absolute Gasteiger partial charge is 0.459 e. The molecule has 0 amide bonds. The quantitative estimate of drug-likeness (QED) is 0.429. The van der Waals surface area contributed by atoms with Crippen molar-refractivity contribution in [2.24, 2.45) is 0 Å². The minimum Gasteiger partial charge on any atom is -0.459 e. The van der Waals surface area contributed by atoms with Crippen LogP contribution in [0.3, 0.4) is 0 Å². The van der Waals surface area contributed by atoms with Crippen molar-refractivity contribution in [3.05, 3.63) is 0 Å². The number of hydrogen-bond donors (Lipinski definition) is 0. The molecule has 0 aliphatic rings. The lowest BCUT2D eigenvalue weighted by Gasteiger charge is -2.37. The highest BCUT2D eigenvalue weighted by atomic mass is 28.3. The molecular weight excluding hydrogens is 216 g/mol. The number of carbonyl (C=O) groups is 1. The van der Waals surface area contributed by atoms with Crippen LogP contribution < -0.4 is 0 Å². The van der Waals surface area contributed by atoms with E-state index in [-0.39, 0.29) is 0 Å². The van der Waals surface area contributed by atoms with Crippen LogP contribution in [0.15, 0.2) is 0 Å². The van der Waals surface area contributed by atoms with Crippen LogP contribution in [0, 0.1) is 11.5 Å². The van der Waals surface area contributed by atoms with Crippen molar-refractivity contribution >= 4 is 14.0 Å². The summed E-state index contributed by atoms with van der Waals surface area (Å²) < 4.78 is 4.59. The molecule has 0 aromatic carbocycles. The van der Waals surface area contributed by atoms with Gasteiger partial charge in [-0.05, 0) is 16.6 Å². The van der Waals surface area contributed by atoms with Gasteiger partial charge in [-0.1, -0.05) is 41.5 Å². The lowest BCUT2D eigenvalue weighted by molar-refractivity contribution is -0.133. The molecule has 0 fully saturated rings. The van der Waals surface area contributed by atoms with Gasteiger partial charge in [-0.2, -0.15) is 0 Å². The Hall–Kier alpha value is -0.753. The molecule has 0 aromatic heterocycles. The zero-order valence-corrected chi connectivity index (χ0v) is 12.5. The Balaban J connectivity index is 5.35. The zero-order chi connectivity index (χ0) is 12.9. The summed E-state index contributed by atoms with van der Waals surface area (Å²) in [5.74, 6) is 2.25. The number of rotatable bonds is 3. The summed E-state index contributed by atoms with van der Waals surface area (Å²) in [5, 5.41) is 0. The maximum atomic E-state index is 11.2. The maximum absolute atomic E-state index is 11.2. The summed E-state index contributed by atoms with van der Waals surface area (Å²) >= 11 is 0. The first-order valence-corrected chi connectivity index (χ1v) is 8.13. The third-order valence-corrected chi connectivity index (χ3v) is 9.72. The molecule has 0 aliphatic heterocycles. The van der Waals surface area contributed by atoms with E-state index >= 15 is 0 Å². The van der Waals surface area contributed by atoms with Crippen LogP contribution in [0.4, 0.5) is 0 Å². The normalized spacial score (nSPS) is 11.6. The Morgan fingerprint density at radius 1 is 1.00 bits per heavy atom. The van der Waals surface area contributed by atoms with E-state index in [4.69, 9.17) is 0 Å². The van der Waals surface area contributed by atoms with Crippen molar-refractivity contribution in [3.8, 4) is 11.5 Å². The lowest BCUT2D eigenvalue weighted by Crippen LogP contribution is -2.43. The van der Waals surface area contributed by atoms with Gasteiger partial charge in [0.2, 0.25) is 0 Å². The molecule has 0 saturated heterocycles. The molecular formula is C13H24O2Si. The summed E-state index contributed by atoms with van der Waals surface area (Å²) in [6, 6.07) is 0. The topological polar surface area (TPSA) is 26.3 Å². The minimum absolute atomic E-state index is 0.418. The molecule has 0 rings (SSSR count). The summed E-state index contributed by atoms with van der Waals surface area (Å²) in [6.07, 6.45) is 0. The Labute approximate surface area is 101 Å². The van der Waals surface area contributed by atoms with Gasteiger partial charge in [0.1, 0.15) is 8.07 Å². The van der Waals surface area contributed by atoms with E-state index in [1.54, 1.807) is 0 Å². The van der Waals surface area contributed by atoms with Gasteiger partial charge in [-0.3, -0.25) is 0 Å². The van der Waals surface area contributed by atoms with Gasteiger partial charge in [0, 0.05) is 5.92 Å². The van der Waals surface area contributed by atoms with Crippen molar-refractivity contribution < 1.29 is 9.53 Å². The van der Waals surface area contributed by atoms with Gasteiger partial charge in [0.15, 0.2) is 0 Å². The Morgan fingerprint density at radius 3 is 1.62 bits per heavy atom. The fraction of sp³-hybridized carbons (Fsp3) is 0.769. The molecule has 0 aromatic rings. The van der Waals surface area contributed by atoms with Crippen molar-refractivity contribution in [2.45, 2.75) is 58.2 Å². The Bertz CT molecular complexity index is 273. The van der Waals surface area contributed by atoms with Crippen LogP contribution in [-0.4, -0.2) is 21.2 Å². The van der Waals surface area contributed by atoms with Crippen molar-refractivity contribution in [1.82, 2.24) is 0 Å². The second kappa shape index (κ2) is 6.10. The Kier molecular flexibility index (Phi) is 5.81. The predicted octanol–water partition coefficient (Wildman–Crippen LogP) is 3.38. The first-order valence-electron chi connectivity index (χ1n) is 5.90. The van der Waals surface area contributed by atoms with E-state index in [1.165, 1.54) is 7.11 Å². The third-order valence-electron chi connectivity index (χ3n) is 3.43. The number of carbonyl (C=O) groups excluding carboxylic acids is 1. The highest BCUT2D eigenvalue weighted by molar-refractivity contribution is 6.90. The van der Waals surface area contributed by atoms with Crippen molar-refractivity contribution in [1.29, 1.82) is 0 Å². The van der Waals surface area contributed by atoms with Gasteiger partial charge < -0.3 is 4.74 Å². The van der Waals surface area contributed by atoms with Crippen LogP contribution >= 0.6 is 0 Å². The van der Waals surface area contributed by atoms with Crippen LogP contribution in [0.1, 0.15) is 41.5 Å². The molecule has 2 nitrogen and oxygen atoms in total. The molecule has 0 N–H and O–H groups in total. The van der Waals surface area contributed by atoms with Crippen LogP contribution in [0.2, 0.25) is 16.6 Å². The van der Waals surface area contributed by atoms with Crippen molar-refractivity contribution in [3.63, 3.8) is 0 Å². The average Bonchev–Trinajstić information content (AvgIpc) is 2.16. The SMILES string of the molecule is COC(=O)C#C[Si](C(C)C)(C(C)C)C(C)C. The summed E-state index contributed by atoms with van der Waals surface area (Å²) in [6.45, 7) is 13.3. The zero-order valence-electron chi connectivity index (χ0n) is 11.5. The fourth-order valence-corrected chi connectivity index (χ4v) is 7.83. The van der Waals surface area contributed by atoms with Gasteiger partial charge in [-0.25, -0.2) is 4.79 Å². The summed E-state index contributed by atoms with van der Waals surface area (Å²) in [7, 11) is -0.393. The summed E-state index contributed by atoms with van der Waals surface area (Å²) in [4.78, 5) is 11.2. The van der Waals surface area contributed by atoms with Crippen LogP contribution in [0.5, 0.6) is 0 Å². The number of esters is 1. The molecule has 0 atom stereocenters. The highest BCUT2D eigenvalue weighted by Crippen LogP contribution is 2.40. The third kappa shape index (κ3) is 3.12. The van der Waals surface area contributed by atoms with Gasteiger partial charge in [-0.15, -0.1) is 5.54 Å². The molecule has 0 saturated carbocycles. The maximum Gasteiger partial charge on any atom is 0.383 e. The van der Waals surface area contributed by atoms with Gasteiger partial charge >= 0.3 is 5.97 Å². The number of hydrogen-bond acceptors (Lipinski definition) is 2. The van der Waals surface area contributed by atoms with E-state index in [0.29, 0.717) is 16.6 Å². The van der Waals surface area contributed by atoms with Crippen LogP contribution in [-0.2, 0) is 9.53 Å². The highest BCUT2D eigenvalue weighted by Gasteiger charge is 2.41. The molecule has 0 spiro atoms. The number of methoxy groups -OCH3 is 1. The molecule has 16 heavy (non-hydrogen) atoms. The first kappa shape index (κ1) is 15.2. The second-order valence-corrected chi connectivity index (χ2v) is 10.7. The monoisotopic (exact) mass is 240 g/mol. The van der Waals surface area contributed by atoms with E-state index in [2.05, 4.69) is 57.7 Å². The fourth-order valence-electron chi connectivity index (χ4n) is 2.64. The molecule has 3 heteroatoms. The standard InChI is InChI=1S/C13H24O2Si/c1-10(2)16(11(3)4,12(5)6)9-8-13(14)15-7/h10-12H,1-7H3. The molecule has 0 heterocycles. The second-order valence-electron chi connectivity index (χ2n) is 5.14. The predicted molar refractivity (Wildman–Crippen MR) is 70.8 cm³/mol. The molecule has 0 unspecified atom stereocenters. The van der Waals surface area contributed by atoms with E-state index in [9.17, 15) is 4.79 Å². The summed E-state index contributed by atoms with van der Waals surface area (Å²) in [5.41, 5.74) is 4.93. The lowest BCUT2D eigenvalue weighted by atomic mass is 10.5. The minimum atomic E-state index is -1.77. The molecule has 0 bridgehead atoms. The van der Waals surface area contributed by atoms with E-state index < -0.39 is 14.0 Å². The molecule has 92 valence electrons. The van der Waals surface area contributed by atoms with E-state index in [1.807, 2.05) is 0 Å². The molecule has 0 radical (unpaired) electrons. The van der Waals surface area contributed by atoms with Crippen molar-refractivity contribution in [2.75, 3.05) is 7.11 Å². The van der Waals surface area contributed by atoms with Gasteiger partial charge in [0.25, 0.3) is 0 Å². The van der Waals surface area contributed by atoms with Gasteiger partial charge in [0.05, 0.1) is 7.11 Å².